The van der Waals surface area contributed by atoms with Crippen molar-refractivity contribution in [2.75, 3.05) is 43.0 Å². The maximum atomic E-state index is 13.5. The molecule has 3 aromatic rings. The van der Waals surface area contributed by atoms with E-state index in [1.807, 2.05) is 18.2 Å². The smallest absolute Gasteiger partial charge is 0.231 e. The van der Waals surface area contributed by atoms with E-state index < -0.39 is 0 Å². The number of hydrogen-bond acceptors (Lipinski definition) is 6. The largest absolute Gasteiger partial charge is 0.355 e. The predicted molar refractivity (Wildman–Crippen MR) is 117 cm³/mol. The first-order chi connectivity index (χ1) is 14.9. The maximum Gasteiger partial charge on any atom is 0.231 e. The van der Waals surface area contributed by atoms with Crippen LogP contribution in [0.5, 0.6) is 0 Å². The van der Waals surface area contributed by atoms with Crippen molar-refractivity contribution in [3.05, 3.63) is 58.3 Å². The fraction of sp³-hybridized carbons (Fsp3) is 0.409. The molecule has 2 aromatic heterocycles. The Bertz CT molecular complexity index is 1180. The first-order valence-electron chi connectivity index (χ1n) is 10.4. The van der Waals surface area contributed by atoms with Crippen LogP contribution in [0.1, 0.15) is 17.0 Å². The van der Waals surface area contributed by atoms with Crippen molar-refractivity contribution in [2.45, 2.75) is 20.0 Å². The van der Waals surface area contributed by atoms with Crippen molar-refractivity contribution < 1.29 is 4.39 Å². The van der Waals surface area contributed by atoms with Crippen molar-refractivity contribution >= 4 is 23.4 Å². The van der Waals surface area contributed by atoms with Crippen LogP contribution < -0.4 is 9.80 Å². The lowest BCUT2D eigenvalue weighted by molar-refractivity contribution is 0.153. The molecule has 1 spiro atoms. The van der Waals surface area contributed by atoms with Gasteiger partial charge in [-0.2, -0.15) is 0 Å². The molecule has 0 bridgehead atoms. The minimum absolute atomic E-state index is 0.237. The maximum absolute atomic E-state index is 13.5. The number of aryl methyl sites for hydroxylation is 1. The Kier molecular flexibility index (Phi) is 4.07. The Labute approximate surface area is 185 Å². The summed E-state index contributed by atoms with van der Waals surface area (Å²) in [5.74, 6) is 2.44. The van der Waals surface area contributed by atoms with Crippen LogP contribution in [0.25, 0.3) is 5.69 Å². The summed E-state index contributed by atoms with van der Waals surface area (Å²) in [6.07, 6.45) is 1.31. The highest BCUT2D eigenvalue weighted by atomic mass is 35.5. The minimum Gasteiger partial charge on any atom is -0.355 e. The Morgan fingerprint density at radius 1 is 1.03 bits per heavy atom. The van der Waals surface area contributed by atoms with Gasteiger partial charge in [-0.3, -0.25) is 9.47 Å². The molecule has 3 aliphatic heterocycles. The van der Waals surface area contributed by atoms with Gasteiger partial charge in [0.15, 0.2) is 5.82 Å². The summed E-state index contributed by atoms with van der Waals surface area (Å²) in [5, 5.41) is 9.80. The second-order valence-electron chi connectivity index (χ2n) is 9.20. The molecule has 0 unspecified atom stereocenters. The van der Waals surface area contributed by atoms with Crippen LogP contribution in [0.3, 0.4) is 0 Å². The topological polar surface area (TPSA) is 53.3 Å². The van der Waals surface area contributed by atoms with Crippen molar-refractivity contribution in [2.24, 2.45) is 5.41 Å². The first kappa shape index (κ1) is 19.0. The van der Waals surface area contributed by atoms with Crippen molar-refractivity contribution in [1.29, 1.82) is 0 Å². The normalized spacial score (nSPS) is 19.5. The summed E-state index contributed by atoms with van der Waals surface area (Å²) < 4.78 is 15.7. The number of rotatable bonds is 2. The van der Waals surface area contributed by atoms with E-state index in [0.29, 0.717) is 5.56 Å². The van der Waals surface area contributed by atoms with Gasteiger partial charge >= 0.3 is 0 Å². The number of aromatic nitrogens is 4. The SMILES string of the molecule is Cc1cc(N2CC3(C2)CN(c2nnc4n2-c2ccc(Cl)cc2CN(C)C4)C3)ncc1F. The molecule has 6 rings (SSSR count). The molecule has 160 valence electrons. The third-order valence-electron chi connectivity index (χ3n) is 6.59. The number of pyridine rings is 1. The zero-order chi connectivity index (χ0) is 21.3. The number of halogens is 2. The third kappa shape index (κ3) is 3.00. The zero-order valence-electron chi connectivity index (χ0n) is 17.5. The molecule has 9 heteroatoms. The Morgan fingerprint density at radius 3 is 2.58 bits per heavy atom. The molecule has 0 saturated carbocycles. The van der Waals surface area contributed by atoms with Gasteiger partial charge in [0.2, 0.25) is 5.95 Å². The minimum atomic E-state index is -0.256. The van der Waals surface area contributed by atoms with Gasteiger partial charge in [-0.15, -0.1) is 10.2 Å². The second-order valence-corrected chi connectivity index (χ2v) is 9.64. The number of benzene rings is 1. The molecule has 0 N–H and O–H groups in total. The fourth-order valence-corrected chi connectivity index (χ4v) is 5.27. The highest BCUT2D eigenvalue weighted by Crippen LogP contribution is 2.44. The molecule has 7 nitrogen and oxygen atoms in total. The summed E-state index contributed by atoms with van der Waals surface area (Å²) in [6, 6.07) is 7.86. The quantitative estimate of drug-likeness (QED) is 0.611. The highest BCUT2D eigenvalue weighted by Gasteiger charge is 2.53. The first-order valence-corrected chi connectivity index (χ1v) is 10.8. The third-order valence-corrected chi connectivity index (χ3v) is 6.83. The monoisotopic (exact) mass is 439 g/mol. The van der Waals surface area contributed by atoms with Gasteiger partial charge in [-0.1, -0.05) is 11.6 Å². The molecule has 3 aliphatic rings. The highest BCUT2D eigenvalue weighted by molar-refractivity contribution is 6.30. The molecular formula is C22H23ClFN7. The van der Waals surface area contributed by atoms with Gasteiger partial charge in [0.1, 0.15) is 11.6 Å². The van der Waals surface area contributed by atoms with Crippen LogP contribution in [0.15, 0.2) is 30.5 Å². The van der Waals surface area contributed by atoms with Crippen LogP contribution in [0.2, 0.25) is 5.02 Å². The lowest BCUT2D eigenvalue weighted by Crippen LogP contribution is -2.73. The number of anilines is 2. The zero-order valence-corrected chi connectivity index (χ0v) is 18.3. The molecular weight excluding hydrogens is 417 g/mol. The Balaban J connectivity index is 1.23. The molecule has 2 saturated heterocycles. The Hall–Kier alpha value is -2.71. The summed E-state index contributed by atoms with van der Waals surface area (Å²) >= 11 is 6.27. The average molecular weight is 440 g/mol. The van der Waals surface area contributed by atoms with Gasteiger partial charge in [0.25, 0.3) is 0 Å². The van der Waals surface area contributed by atoms with Gasteiger partial charge in [-0.25, -0.2) is 9.37 Å². The molecule has 31 heavy (non-hydrogen) atoms. The predicted octanol–water partition coefficient (Wildman–Crippen LogP) is 3.04. The summed E-state index contributed by atoms with van der Waals surface area (Å²) in [5.41, 5.74) is 3.15. The van der Waals surface area contributed by atoms with E-state index in [0.717, 1.165) is 67.6 Å². The molecule has 0 radical (unpaired) electrons. The molecule has 1 aromatic carbocycles. The van der Waals surface area contributed by atoms with Crippen LogP contribution in [-0.2, 0) is 13.1 Å². The average Bonchev–Trinajstić information content (AvgIpc) is 2.99. The van der Waals surface area contributed by atoms with E-state index in [4.69, 9.17) is 11.6 Å². The summed E-state index contributed by atoms with van der Waals surface area (Å²) in [4.78, 5) is 11.0. The van der Waals surface area contributed by atoms with Gasteiger partial charge in [-0.05, 0) is 49.4 Å². The summed E-state index contributed by atoms with van der Waals surface area (Å²) in [7, 11) is 2.08. The molecule has 2 fully saturated rings. The van der Waals surface area contributed by atoms with Gasteiger partial charge in [0, 0.05) is 43.2 Å². The van der Waals surface area contributed by atoms with Crippen LogP contribution in [0, 0.1) is 18.2 Å². The molecule has 0 amide bonds. The lowest BCUT2D eigenvalue weighted by Gasteiger charge is -2.60. The number of hydrogen-bond donors (Lipinski definition) is 0. The fourth-order valence-electron chi connectivity index (χ4n) is 5.08. The molecule has 5 heterocycles. The Morgan fingerprint density at radius 2 is 1.81 bits per heavy atom. The van der Waals surface area contributed by atoms with E-state index in [-0.39, 0.29) is 11.2 Å². The second kappa shape index (κ2) is 6.64. The van der Waals surface area contributed by atoms with Crippen molar-refractivity contribution in [3.63, 3.8) is 0 Å². The van der Waals surface area contributed by atoms with Gasteiger partial charge in [0.05, 0.1) is 18.4 Å². The van der Waals surface area contributed by atoms with E-state index >= 15 is 0 Å². The molecule has 0 atom stereocenters. The standard InChI is InChI=1S/C22H23ClFN7/c1-14-5-19(25-7-17(14)24)29-10-22(11-29)12-30(13-22)21-27-26-20-9-28(2)8-15-6-16(23)3-4-18(15)31(20)21/h3-7H,8-13H2,1-2H3. The van der Waals surface area contributed by atoms with Gasteiger partial charge < -0.3 is 9.80 Å². The lowest BCUT2D eigenvalue weighted by atomic mass is 9.73. The molecule has 0 aliphatic carbocycles. The van der Waals surface area contributed by atoms with Crippen molar-refractivity contribution in [1.82, 2.24) is 24.6 Å². The van der Waals surface area contributed by atoms with E-state index in [1.54, 1.807) is 6.92 Å². The van der Waals surface area contributed by atoms with Crippen LogP contribution in [0.4, 0.5) is 16.2 Å². The van der Waals surface area contributed by atoms with Crippen LogP contribution in [-0.4, -0.2) is 57.9 Å². The number of fused-ring (bicyclic) bond motifs is 3. The number of nitrogens with zero attached hydrogens (tertiary/aromatic N) is 7. The van der Waals surface area contributed by atoms with E-state index in [9.17, 15) is 4.39 Å². The van der Waals surface area contributed by atoms with Crippen molar-refractivity contribution in [3.8, 4) is 5.69 Å². The summed E-state index contributed by atoms with van der Waals surface area (Å²) in [6.45, 7) is 7.06. The van der Waals surface area contributed by atoms with E-state index in [2.05, 4.69) is 47.6 Å². The van der Waals surface area contributed by atoms with E-state index in [1.165, 1.54) is 11.8 Å². The van der Waals surface area contributed by atoms with Crippen LogP contribution >= 0.6 is 11.6 Å².